The van der Waals surface area contributed by atoms with Crippen LogP contribution >= 0.6 is 0 Å². The molecule has 1 aromatic carbocycles. The van der Waals surface area contributed by atoms with Gasteiger partial charge in [0.2, 0.25) is 0 Å². The fourth-order valence-electron chi connectivity index (χ4n) is 1.84. The third-order valence-electron chi connectivity index (χ3n) is 2.73. The van der Waals surface area contributed by atoms with E-state index in [-0.39, 0.29) is 5.56 Å². The first-order valence-electron chi connectivity index (χ1n) is 5.17. The van der Waals surface area contributed by atoms with E-state index >= 15 is 0 Å². The summed E-state index contributed by atoms with van der Waals surface area (Å²) < 4.78 is 32.3. The fraction of sp³-hybridized carbons (Fsp3) is 0.333. The summed E-state index contributed by atoms with van der Waals surface area (Å²) in [6, 6.07) is 7.17. The molecule has 0 unspecified atom stereocenters. The lowest BCUT2D eigenvalue weighted by Crippen LogP contribution is -2.35. The minimum Gasteiger partial charge on any atom is -0.393 e. The van der Waals surface area contributed by atoms with Crippen LogP contribution in [-0.2, 0) is 20.2 Å². The number of alkyl halides is 2. The molecule has 2 rings (SSSR count). The first kappa shape index (κ1) is 11.7. The molecule has 1 fully saturated rings. The molecule has 0 aliphatic carbocycles. The largest absolute Gasteiger partial charge is 0.393 e. The zero-order chi connectivity index (χ0) is 12.5. The first-order chi connectivity index (χ1) is 8.00. The second-order valence-electron chi connectivity index (χ2n) is 3.94. The van der Waals surface area contributed by atoms with Gasteiger partial charge < -0.3 is 4.74 Å². The number of rotatable bonds is 2. The van der Waals surface area contributed by atoms with Crippen LogP contribution in [0.15, 0.2) is 30.3 Å². The molecule has 0 bridgehead atoms. The summed E-state index contributed by atoms with van der Waals surface area (Å²) >= 11 is 0. The Morgan fingerprint density at radius 3 is 2.12 bits per heavy atom. The Bertz CT molecular complexity index is 426. The van der Waals surface area contributed by atoms with Gasteiger partial charge in [-0.25, -0.2) is 8.78 Å². The molecule has 1 heterocycles. The fourth-order valence-corrected chi connectivity index (χ4v) is 1.84. The molecule has 1 saturated heterocycles. The summed E-state index contributed by atoms with van der Waals surface area (Å²) in [6.07, 6.45) is -0.874. The Labute approximate surface area is 96.4 Å². The molecular formula is C12H10F2O3. The van der Waals surface area contributed by atoms with E-state index in [0.29, 0.717) is 0 Å². The molecule has 1 aliphatic rings. The van der Waals surface area contributed by atoms with Gasteiger partial charge in [0.25, 0.3) is 5.92 Å². The summed E-state index contributed by atoms with van der Waals surface area (Å²) in [5.74, 6) is -6.29. The molecule has 5 heteroatoms. The molecule has 1 aromatic rings. The molecule has 0 saturated carbocycles. The van der Waals surface area contributed by atoms with E-state index in [4.69, 9.17) is 0 Å². The Morgan fingerprint density at radius 2 is 1.59 bits per heavy atom. The maximum atomic E-state index is 14.0. The van der Waals surface area contributed by atoms with Crippen molar-refractivity contribution in [3.8, 4) is 0 Å². The van der Waals surface area contributed by atoms with Gasteiger partial charge in [-0.15, -0.1) is 0 Å². The molecule has 0 aromatic heterocycles. The van der Waals surface area contributed by atoms with Gasteiger partial charge in [-0.1, -0.05) is 30.3 Å². The molecule has 0 amide bonds. The zero-order valence-electron chi connectivity index (χ0n) is 8.86. The highest BCUT2D eigenvalue weighted by molar-refractivity contribution is 5.88. The van der Waals surface area contributed by atoms with Crippen molar-refractivity contribution in [1.29, 1.82) is 0 Å². The Balaban J connectivity index is 2.26. The summed E-state index contributed by atoms with van der Waals surface area (Å²) in [5, 5.41) is 0. The average molecular weight is 240 g/mol. The van der Waals surface area contributed by atoms with E-state index in [1.54, 1.807) is 6.07 Å². The second-order valence-corrected chi connectivity index (χ2v) is 3.94. The Morgan fingerprint density at radius 1 is 1.06 bits per heavy atom. The summed E-state index contributed by atoms with van der Waals surface area (Å²) in [7, 11) is 0. The normalized spacial score (nSPS) is 18.0. The topological polar surface area (TPSA) is 43.4 Å². The zero-order valence-corrected chi connectivity index (χ0v) is 8.86. The van der Waals surface area contributed by atoms with Crippen molar-refractivity contribution in [2.45, 2.75) is 18.8 Å². The highest BCUT2D eigenvalue weighted by Gasteiger charge is 2.46. The number of benzene rings is 1. The average Bonchev–Trinajstić information content (AvgIpc) is 2.29. The highest BCUT2D eigenvalue weighted by Crippen LogP contribution is 2.41. The van der Waals surface area contributed by atoms with Gasteiger partial charge in [0.05, 0.1) is 12.8 Å². The van der Waals surface area contributed by atoms with Crippen LogP contribution in [-0.4, -0.2) is 11.9 Å². The molecule has 3 nitrogen and oxygen atoms in total. The van der Waals surface area contributed by atoms with E-state index in [0.717, 1.165) is 0 Å². The van der Waals surface area contributed by atoms with Crippen molar-refractivity contribution in [2.24, 2.45) is 5.92 Å². The number of hydrogen-bond donors (Lipinski definition) is 0. The molecule has 1 aliphatic heterocycles. The molecule has 17 heavy (non-hydrogen) atoms. The summed E-state index contributed by atoms with van der Waals surface area (Å²) in [6.45, 7) is 0. The SMILES string of the molecule is O=C1CC(C(F)(F)c2ccccc2)CC(=O)O1. The number of carbonyl (C=O) groups is 2. The number of halogens is 2. The lowest BCUT2D eigenvalue weighted by Gasteiger charge is -2.28. The van der Waals surface area contributed by atoms with Crippen LogP contribution in [0.5, 0.6) is 0 Å². The van der Waals surface area contributed by atoms with Crippen molar-refractivity contribution >= 4 is 11.9 Å². The van der Waals surface area contributed by atoms with E-state index < -0.39 is 36.6 Å². The standard InChI is InChI=1S/C12H10F2O3/c13-12(14,8-4-2-1-3-5-8)9-6-10(15)17-11(16)7-9/h1-5,9H,6-7H2. The molecule has 0 atom stereocenters. The van der Waals surface area contributed by atoms with E-state index in [1.165, 1.54) is 24.3 Å². The van der Waals surface area contributed by atoms with Gasteiger partial charge in [-0.3, -0.25) is 9.59 Å². The summed E-state index contributed by atoms with van der Waals surface area (Å²) in [4.78, 5) is 22.0. The van der Waals surface area contributed by atoms with Gasteiger partial charge in [-0.2, -0.15) is 0 Å². The van der Waals surface area contributed by atoms with Crippen LogP contribution in [0.2, 0.25) is 0 Å². The molecule has 0 N–H and O–H groups in total. The van der Waals surface area contributed by atoms with Crippen LogP contribution in [0, 0.1) is 5.92 Å². The van der Waals surface area contributed by atoms with Gasteiger partial charge in [-0.05, 0) is 0 Å². The van der Waals surface area contributed by atoms with Crippen molar-refractivity contribution < 1.29 is 23.1 Å². The number of hydrogen-bond acceptors (Lipinski definition) is 3. The number of cyclic esters (lactones) is 2. The number of esters is 2. The van der Waals surface area contributed by atoms with Crippen LogP contribution in [0.4, 0.5) is 8.78 Å². The highest BCUT2D eigenvalue weighted by atomic mass is 19.3. The van der Waals surface area contributed by atoms with Crippen LogP contribution < -0.4 is 0 Å². The van der Waals surface area contributed by atoms with Crippen molar-refractivity contribution in [1.82, 2.24) is 0 Å². The van der Waals surface area contributed by atoms with Gasteiger partial charge in [0.15, 0.2) is 0 Å². The van der Waals surface area contributed by atoms with Gasteiger partial charge >= 0.3 is 11.9 Å². The Kier molecular flexibility index (Phi) is 2.92. The van der Waals surface area contributed by atoms with Crippen molar-refractivity contribution in [2.75, 3.05) is 0 Å². The lowest BCUT2D eigenvalue weighted by molar-refractivity contribution is -0.175. The minimum absolute atomic E-state index is 0.187. The van der Waals surface area contributed by atoms with Crippen LogP contribution in [0.3, 0.4) is 0 Å². The predicted octanol–water partition coefficient (Wildman–Crippen LogP) is 2.26. The minimum atomic E-state index is -3.20. The van der Waals surface area contributed by atoms with Gasteiger partial charge in [0.1, 0.15) is 0 Å². The van der Waals surface area contributed by atoms with E-state index in [1.807, 2.05) is 0 Å². The summed E-state index contributed by atoms with van der Waals surface area (Å²) in [5.41, 5.74) is -0.187. The first-order valence-corrected chi connectivity index (χ1v) is 5.17. The second kappa shape index (κ2) is 4.24. The predicted molar refractivity (Wildman–Crippen MR) is 54.2 cm³/mol. The Hall–Kier alpha value is -1.78. The quantitative estimate of drug-likeness (QED) is 0.588. The van der Waals surface area contributed by atoms with Crippen molar-refractivity contribution in [3.05, 3.63) is 35.9 Å². The van der Waals surface area contributed by atoms with Crippen molar-refractivity contribution in [3.63, 3.8) is 0 Å². The third-order valence-corrected chi connectivity index (χ3v) is 2.73. The van der Waals surface area contributed by atoms with Gasteiger partial charge in [0, 0.05) is 11.5 Å². The third kappa shape index (κ3) is 2.33. The molecular weight excluding hydrogens is 230 g/mol. The van der Waals surface area contributed by atoms with E-state index in [9.17, 15) is 18.4 Å². The maximum Gasteiger partial charge on any atom is 0.313 e. The number of carbonyl (C=O) groups excluding carboxylic acids is 2. The lowest BCUT2D eigenvalue weighted by atomic mass is 9.88. The molecule has 0 radical (unpaired) electrons. The molecule has 90 valence electrons. The van der Waals surface area contributed by atoms with Crippen LogP contribution in [0.1, 0.15) is 18.4 Å². The van der Waals surface area contributed by atoms with Crippen LogP contribution in [0.25, 0.3) is 0 Å². The maximum absolute atomic E-state index is 14.0. The smallest absolute Gasteiger partial charge is 0.313 e. The van der Waals surface area contributed by atoms with E-state index in [2.05, 4.69) is 4.74 Å². The number of ether oxygens (including phenoxy) is 1. The monoisotopic (exact) mass is 240 g/mol. The molecule has 0 spiro atoms.